The summed E-state index contributed by atoms with van der Waals surface area (Å²) >= 11 is 1.36. The second-order valence-electron chi connectivity index (χ2n) is 7.25. The maximum Gasteiger partial charge on any atom is 0.196 e. The molecule has 0 saturated carbocycles. The van der Waals surface area contributed by atoms with Gasteiger partial charge in [-0.3, -0.25) is 14.3 Å². The summed E-state index contributed by atoms with van der Waals surface area (Å²) in [7, 11) is 3.93. The zero-order valence-electron chi connectivity index (χ0n) is 15.6. The highest BCUT2D eigenvalue weighted by molar-refractivity contribution is 7.99. The first-order valence-corrected chi connectivity index (χ1v) is 9.13. The predicted molar refractivity (Wildman–Crippen MR) is 98.6 cm³/mol. The molecule has 0 radical (unpaired) electrons. The van der Waals surface area contributed by atoms with Crippen molar-refractivity contribution in [1.82, 2.24) is 19.7 Å². The number of thioether (sulfide) groups is 1. The second kappa shape index (κ2) is 7.66. The lowest BCUT2D eigenvalue weighted by atomic mass is 9.92. The Hall–Kier alpha value is -1.73. The normalized spacial score (nSPS) is 13.3. The van der Waals surface area contributed by atoms with E-state index in [2.05, 4.69) is 10.2 Å². The molecule has 0 aliphatic carbocycles. The van der Waals surface area contributed by atoms with Crippen LogP contribution in [0, 0.1) is 11.2 Å². The number of hydrogen-bond donors (Lipinski definition) is 0. The van der Waals surface area contributed by atoms with Crippen molar-refractivity contribution in [2.75, 3.05) is 19.8 Å². The lowest BCUT2D eigenvalue weighted by Gasteiger charge is -2.20. The fourth-order valence-corrected chi connectivity index (χ4v) is 3.18. The first-order chi connectivity index (χ1) is 11.6. The zero-order chi connectivity index (χ0) is 18.8. The highest BCUT2D eigenvalue weighted by atomic mass is 32.2. The summed E-state index contributed by atoms with van der Waals surface area (Å²) in [4.78, 5) is 14.3. The Morgan fingerprint density at radius 1 is 1.24 bits per heavy atom. The standard InChI is InChI=1S/C18H25FN4OS/c1-12(22(5)6)16-20-21-17(25-11-15(24)18(2,3)4)23(16)14-9-7-13(19)8-10-14/h7-10,12H,11H2,1-6H3. The number of Topliss-reactive ketones (excluding diaryl/α,β-unsaturated/α-hetero) is 1. The van der Waals surface area contributed by atoms with Crippen LogP contribution in [0.15, 0.2) is 29.4 Å². The number of carbonyl (C=O) groups excluding carboxylic acids is 1. The molecule has 0 saturated heterocycles. The van der Waals surface area contributed by atoms with Gasteiger partial charge in [-0.1, -0.05) is 32.5 Å². The van der Waals surface area contributed by atoms with Crippen LogP contribution in [-0.4, -0.2) is 45.3 Å². The minimum Gasteiger partial charge on any atom is -0.300 e. The molecule has 25 heavy (non-hydrogen) atoms. The number of aromatic nitrogens is 3. The Bertz CT molecular complexity index is 735. The Balaban J connectivity index is 2.40. The van der Waals surface area contributed by atoms with Crippen molar-refractivity contribution in [2.45, 2.75) is 38.9 Å². The Morgan fingerprint density at radius 2 is 1.84 bits per heavy atom. The lowest BCUT2D eigenvalue weighted by molar-refractivity contribution is -0.123. The number of ketones is 1. The molecule has 1 aromatic heterocycles. The van der Waals surface area contributed by atoms with Gasteiger partial charge in [-0.2, -0.15) is 0 Å². The van der Waals surface area contributed by atoms with Gasteiger partial charge in [0.1, 0.15) is 11.6 Å². The summed E-state index contributed by atoms with van der Waals surface area (Å²) in [6.45, 7) is 7.74. The number of nitrogens with zero attached hydrogens (tertiary/aromatic N) is 4. The van der Waals surface area contributed by atoms with E-state index in [1.165, 1.54) is 23.9 Å². The lowest BCUT2D eigenvalue weighted by Crippen LogP contribution is -2.22. The molecule has 0 bridgehead atoms. The second-order valence-corrected chi connectivity index (χ2v) is 8.20. The van der Waals surface area contributed by atoms with Crippen LogP contribution in [0.4, 0.5) is 4.39 Å². The maximum atomic E-state index is 13.3. The summed E-state index contributed by atoms with van der Waals surface area (Å²) in [6, 6.07) is 6.23. The first-order valence-electron chi connectivity index (χ1n) is 8.15. The van der Waals surface area contributed by atoms with E-state index in [1.54, 1.807) is 12.1 Å². The minimum atomic E-state index is -0.395. The molecular formula is C18H25FN4OS. The molecule has 2 rings (SSSR count). The van der Waals surface area contributed by atoms with E-state index in [9.17, 15) is 9.18 Å². The van der Waals surface area contributed by atoms with E-state index in [0.29, 0.717) is 10.9 Å². The molecular weight excluding hydrogens is 339 g/mol. The fraction of sp³-hybridized carbons (Fsp3) is 0.500. The molecule has 0 aliphatic rings. The first kappa shape index (κ1) is 19.6. The van der Waals surface area contributed by atoms with Crippen molar-refractivity contribution in [3.05, 3.63) is 35.9 Å². The zero-order valence-corrected chi connectivity index (χ0v) is 16.4. The quantitative estimate of drug-likeness (QED) is 0.731. The van der Waals surface area contributed by atoms with E-state index in [1.807, 2.05) is 51.3 Å². The van der Waals surface area contributed by atoms with Gasteiger partial charge in [-0.15, -0.1) is 10.2 Å². The predicted octanol–water partition coefficient (Wildman–Crippen LogP) is 3.74. The largest absolute Gasteiger partial charge is 0.300 e. The van der Waals surface area contributed by atoms with E-state index < -0.39 is 5.41 Å². The van der Waals surface area contributed by atoms with Gasteiger partial charge in [-0.05, 0) is 45.3 Å². The monoisotopic (exact) mass is 364 g/mol. The van der Waals surface area contributed by atoms with Crippen molar-refractivity contribution >= 4 is 17.5 Å². The van der Waals surface area contributed by atoms with Crippen LogP contribution in [0.2, 0.25) is 0 Å². The van der Waals surface area contributed by atoms with Gasteiger partial charge in [0.05, 0.1) is 11.8 Å². The fourth-order valence-electron chi connectivity index (χ4n) is 2.06. The molecule has 0 amide bonds. The van der Waals surface area contributed by atoms with Crippen LogP contribution in [0.25, 0.3) is 5.69 Å². The van der Waals surface area contributed by atoms with Gasteiger partial charge in [-0.25, -0.2) is 4.39 Å². The summed E-state index contributed by atoms with van der Waals surface area (Å²) in [5.74, 6) is 0.922. The van der Waals surface area contributed by atoms with Crippen LogP contribution in [-0.2, 0) is 4.79 Å². The van der Waals surface area contributed by atoms with Crippen molar-refractivity contribution in [2.24, 2.45) is 5.41 Å². The van der Waals surface area contributed by atoms with Gasteiger partial charge < -0.3 is 0 Å². The van der Waals surface area contributed by atoms with Gasteiger partial charge >= 0.3 is 0 Å². The third-order valence-corrected chi connectivity index (χ3v) is 4.99. The molecule has 0 N–H and O–H groups in total. The number of hydrogen-bond acceptors (Lipinski definition) is 5. The van der Waals surface area contributed by atoms with Crippen LogP contribution < -0.4 is 0 Å². The number of halogens is 1. The molecule has 0 fully saturated rings. The molecule has 1 atom stereocenters. The third kappa shape index (κ3) is 4.67. The number of rotatable bonds is 6. The molecule has 1 unspecified atom stereocenters. The highest BCUT2D eigenvalue weighted by Crippen LogP contribution is 2.28. The van der Waals surface area contributed by atoms with Crippen LogP contribution in [0.3, 0.4) is 0 Å². The van der Waals surface area contributed by atoms with Crippen LogP contribution >= 0.6 is 11.8 Å². The van der Waals surface area contributed by atoms with Crippen molar-refractivity contribution in [3.8, 4) is 5.69 Å². The van der Waals surface area contributed by atoms with Crippen molar-refractivity contribution in [1.29, 1.82) is 0 Å². The molecule has 1 aromatic carbocycles. The smallest absolute Gasteiger partial charge is 0.196 e. The van der Waals surface area contributed by atoms with Gasteiger partial charge in [0.2, 0.25) is 0 Å². The highest BCUT2D eigenvalue weighted by Gasteiger charge is 2.24. The number of benzene rings is 1. The number of carbonyl (C=O) groups is 1. The van der Waals surface area contributed by atoms with Crippen LogP contribution in [0.5, 0.6) is 0 Å². The van der Waals surface area contributed by atoms with E-state index in [4.69, 9.17) is 0 Å². The average molecular weight is 364 g/mol. The Kier molecular flexibility index (Phi) is 6.00. The summed E-state index contributed by atoms with van der Waals surface area (Å²) in [6.07, 6.45) is 0. The summed E-state index contributed by atoms with van der Waals surface area (Å²) < 4.78 is 15.2. The van der Waals surface area contributed by atoms with Crippen molar-refractivity contribution in [3.63, 3.8) is 0 Å². The molecule has 5 nitrogen and oxygen atoms in total. The van der Waals surface area contributed by atoms with Gasteiger partial charge in [0.25, 0.3) is 0 Å². The van der Waals surface area contributed by atoms with Crippen LogP contribution in [0.1, 0.15) is 39.6 Å². The van der Waals surface area contributed by atoms with Crippen molar-refractivity contribution < 1.29 is 9.18 Å². The summed E-state index contributed by atoms with van der Waals surface area (Å²) in [5, 5.41) is 9.23. The topological polar surface area (TPSA) is 51.0 Å². The molecule has 136 valence electrons. The van der Waals surface area contributed by atoms with Gasteiger partial charge in [0.15, 0.2) is 11.0 Å². The maximum absolute atomic E-state index is 13.3. The SMILES string of the molecule is CC(c1nnc(SCC(=O)C(C)(C)C)n1-c1ccc(F)cc1)N(C)C. The van der Waals surface area contributed by atoms with E-state index in [0.717, 1.165) is 11.5 Å². The Morgan fingerprint density at radius 3 is 2.36 bits per heavy atom. The molecule has 2 aromatic rings. The third-order valence-electron chi connectivity index (χ3n) is 4.06. The van der Waals surface area contributed by atoms with E-state index in [-0.39, 0.29) is 17.6 Å². The average Bonchev–Trinajstić information content (AvgIpc) is 2.95. The molecule has 0 aliphatic heterocycles. The Labute approximate surface area is 152 Å². The molecule has 0 spiro atoms. The minimum absolute atomic E-state index is 0.0187. The van der Waals surface area contributed by atoms with E-state index >= 15 is 0 Å². The molecule has 1 heterocycles. The van der Waals surface area contributed by atoms with Gasteiger partial charge in [0, 0.05) is 11.1 Å². The molecule has 7 heteroatoms. The summed E-state index contributed by atoms with van der Waals surface area (Å²) in [5.41, 5.74) is 0.383.